The fourth-order valence-electron chi connectivity index (χ4n) is 4.71. The fourth-order valence-corrected chi connectivity index (χ4v) is 4.71. The normalized spacial score (nSPS) is 21.8. The van der Waals surface area contributed by atoms with Gasteiger partial charge in [0, 0.05) is 64.1 Å². The minimum absolute atomic E-state index is 0.193. The Labute approximate surface area is 184 Å². The number of benzene rings is 1. The standard InChI is InChI=1S/C22H25FN6O3/c1-26-5-4-24-19(26)13-27-6-8-28(9-7-27)18-10-14-12-29(22(32)15(14)11-16(18)23)17-2-3-20(30)25-21(17)31/h4-5,10-11,17H,2-3,6-9,12-13H2,1H3,(H,25,30,31). The topological polar surface area (TPSA) is 90.8 Å². The highest BCUT2D eigenvalue weighted by atomic mass is 19.1. The van der Waals surface area contributed by atoms with Crippen molar-refractivity contribution in [2.24, 2.45) is 7.05 Å². The molecule has 0 bridgehead atoms. The maximum atomic E-state index is 15.0. The lowest BCUT2D eigenvalue weighted by Gasteiger charge is -2.36. The van der Waals surface area contributed by atoms with E-state index < -0.39 is 17.8 Å². The van der Waals surface area contributed by atoms with E-state index in [1.165, 1.54) is 11.0 Å². The number of carbonyl (C=O) groups is 3. The molecule has 0 saturated carbocycles. The maximum absolute atomic E-state index is 15.0. The van der Waals surface area contributed by atoms with Gasteiger partial charge in [-0.25, -0.2) is 9.37 Å². The molecule has 0 spiro atoms. The van der Waals surface area contributed by atoms with Crippen LogP contribution in [0.5, 0.6) is 0 Å². The quantitative estimate of drug-likeness (QED) is 0.702. The van der Waals surface area contributed by atoms with Gasteiger partial charge in [-0.2, -0.15) is 0 Å². The number of nitrogens with zero attached hydrogens (tertiary/aromatic N) is 5. The van der Waals surface area contributed by atoms with Crippen LogP contribution in [0.15, 0.2) is 24.5 Å². The zero-order valence-corrected chi connectivity index (χ0v) is 17.9. The smallest absolute Gasteiger partial charge is 0.255 e. The molecule has 2 aromatic rings. The number of carbonyl (C=O) groups excluding carboxylic acids is 3. The average molecular weight is 440 g/mol. The van der Waals surface area contributed by atoms with Crippen LogP contribution in [-0.4, -0.2) is 69.3 Å². The van der Waals surface area contributed by atoms with Crippen molar-refractivity contribution in [2.75, 3.05) is 31.1 Å². The van der Waals surface area contributed by atoms with Gasteiger partial charge < -0.3 is 14.4 Å². The van der Waals surface area contributed by atoms with Gasteiger partial charge in [-0.1, -0.05) is 0 Å². The number of piperazine rings is 1. The Balaban J connectivity index is 1.28. The van der Waals surface area contributed by atoms with Crippen molar-refractivity contribution in [3.63, 3.8) is 0 Å². The third kappa shape index (κ3) is 3.64. The first kappa shape index (κ1) is 20.6. The third-order valence-corrected chi connectivity index (χ3v) is 6.59. The fraction of sp³-hybridized carbons (Fsp3) is 0.455. The molecular weight excluding hydrogens is 415 g/mol. The summed E-state index contributed by atoms with van der Waals surface area (Å²) in [5.41, 5.74) is 1.49. The Morgan fingerprint density at radius 2 is 1.94 bits per heavy atom. The van der Waals surface area contributed by atoms with Crippen molar-refractivity contribution in [3.05, 3.63) is 47.3 Å². The summed E-state index contributed by atoms with van der Waals surface area (Å²) >= 11 is 0. The molecule has 32 heavy (non-hydrogen) atoms. The molecule has 3 aliphatic heterocycles. The molecular formula is C22H25FN6O3. The number of piperidine rings is 1. The molecule has 3 aliphatic rings. The van der Waals surface area contributed by atoms with Gasteiger partial charge in [0.05, 0.1) is 12.2 Å². The first-order chi connectivity index (χ1) is 15.4. The first-order valence-corrected chi connectivity index (χ1v) is 10.8. The van der Waals surface area contributed by atoms with Crippen molar-refractivity contribution >= 4 is 23.4 Å². The molecule has 10 heteroatoms. The second-order valence-corrected chi connectivity index (χ2v) is 8.58. The van der Waals surface area contributed by atoms with Crippen molar-refractivity contribution in [2.45, 2.75) is 32.0 Å². The van der Waals surface area contributed by atoms with Crippen molar-refractivity contribution in [1.29, 1.82) is 0 Å². The van der Waals surface area contributed by atoms with Crippen molar-refractivity contribution in [1.82, 2.24) is 24.7 Å². The number of aromatic nitrogens is 2. The largest absolute Gasteiger partial charge is 0.367 e. The van der Waals surface area contributed by atoms with Crippen LogP contribution in [0.2, 0.25) is 0 Å². The predicted octanol–water partition coefficient (Wildman–Crippen LogP) is 0.642. The number of aryl methyl sites for hydroxylation is 1. The monoisotopic (exact) mass is 440 g/mol. The Hall–Kier alpha value is -3.27. The molecule has 1 unspecified atom stereocenters. The molecule has 0 aliphatic carbocycles. The van der Waals surface area contributed by atoms with Crippen LogP contribution >= 0.6 is 0 Å². The Morgan fingerprint density at radius 3 is 2.62 bits per heavy atom. The highest BCUT2D eigenvalue weighted by Gasteiger charge is 2.39. The molecule has 1 atom stereocenters. The van der Waals surface area contributed by atoms with E-state index in [4.69, 9.17) is 0 Å². The van der Waals surface area contributed by atoms with E-state index in [1.54, 1.807) is 12.3 Å². The summed E-state index contributed by atoms with van der Waals surface area (Å²) in [4.78, 5) is 46.6. The number of nitrogens with one attached hydrogen (secondary N) is 1. The molecule has 0 radical (unpaired) electrons. The van der Waals surface area contributed by atoms with Gasteiger partial charge in [0.1, 0.15) is 17.7 Å². The number of halogens is 1. The number of hydrogen-bond donors (Lipinski definition) is 1. The van der Waals surface area contributed by atoms with Gasteiger partial charge >= 0.3 is 0 Å². The zero-order chi connectivity index (χ0) is 22.4. The zero-order valence-electron chi connectivity index (χ0n) is 17.9. The molecule has 2 saturated heterocycles. The lowest BCUT2D eigenvalue weighted by molar-refractivity contribution is -0.136. The van der Waals surface area contributed by atoms with Gasteiger partial charge in [0.25, 0.3) is 5.91 Å². The number of rotatable bonds is 4. The summed E-state index contributed by atoms with van der Waals surface area (Å²) in [6.07, 6.45) is 4.19. The number of imidazole rings is 1. The van der Waals surface area contributed by atoms with Crippen LogP contribution in [0.1, 0.15) is 34.6 Å². The summed E-state index contributed by atoms with van der Waals surface area (Å²) in [5, 5.41) is 2.29. The molecule has 1 N–H and O–H groups in total. The summed E-state index contributed by atoms with van der Waals surface area (Å²) < 4.78 is 17.0. The van der Waals surface area contributed by atoms with Gasteiger partial charge in [0.2, 0.25) is 11.8 Å². The van der Waals surface area contributed by atoms with Gasteiger partial charge in [-0.15, -0.1) is 0 Å². The highest BCUT2D eigenvalue weighted by Crippen LogP contribution is 2.33. The van der Waals surface area contributed by atoms with Crippen LogP contribution in [0.25, 0.3) is 0 Å². The van der Waals surface area contributed by atoms with Crippen molar-refractivity contribution in [3.8, 4) is 0 Å². The van der Waals surface area contributed by atoms with Crippen molar-refractivity contribution < 1.29 is 18.8 Å². The van der Waals surface area contributed by atoms with Gasteiger partial charge in [-0.05, 0) is 24.1 Å². The Morgan fingerprint density at radius 1 is 1.16 bits per heavy atom. The second-order valence-electron chi connectivity index (χ2n) is 8.58. The number of fused-ring (bicyclic) bond motifs is 1. The highest BCUT2D eigenvalue weighted by molar-refractivity contribution is 6.05. The molecule has 168 valence electrons. The van der Waals surface area contributed by atoms with E-state index in [1.807, 2.05) is 22.7 Å². The molecule has 4 heterocycles. The summed E-state index contributed by atoms with van der Waals surface area (Å²) in [5.74, 6) is -0.591. The lowest BCUT2D eigenvalue weighted by atomic mass is 10.0. The number of amides is 3. The molecule has 9 nitrogen and oxygen atoms in total. The van der Waals surface area contributed by atoms with Crippen LogP contribution in [0.3, 0.4) is 0 Å². The van der Waals surface area contributed by atoms with Crippen LogP contribution in [0, 0.1) is 5.82 Å². The minimum Gasteiger partial charge on any atom is -0.367 e. The SMILES string of the molecule is Cn1ccnc1CN1CCN(c2cc3c(cc2F)C(=O)N(C2CCC(=O)NC2=O)C3)CC1. The average Bonchev–Trinajstić information content (AvgIpc) is 3.31. The lowest BCUT2D eigenvalue weighted by Crippen LogP contribution is -2.52. The van der Waals surface area contributed by atoms with Gasteiger partial charge in [-0.3, -0.25) is 24.6 Å². The Bertz CT molecular complexity index is 1090. The Kier molecular flexibility index (Phi) is 5.16. The van der Waals surface area contributed by atoms with E-state index in [2.05, 4.69) is 15.2 Å². The van der Waals surface area contributed by atoms with Crippen LogP contribution in [0.4, 0.5) is 10.1 Å². The molecule has 5 rings (SSSR count). The molecule has 2 fully saturated rings. The molecule has 1 aromatic heterocycles. The summed E-state index contributed by atoms with van der Waals surface area (Å²) in [6, 6.07) is 2.33. The van der Waals surface area contributed by atoms with Crippen LogP contribution in [-0.2, 0) is 29.7 Å². The predicted molar refractivity (Wildman–Crippen MR) is 113 cm³/mol. The molecule has 1 aromatic carbocycles. The van der Waals surface area contributed by atoms with E-state index in [-0.39, 0.29) is 31.2 Å². The van der Waals surface area contributed by atoms with E-state index in [0.29, 0.717) is 29.9 Å². The van der Waals surface area contributed by atoms with Crippen LogP contribution < -0.4 is 10.2 Å². The minimum atomic E-state index is -0.700. The summed E-state index contributed by atoms with van der Waals surface area (Å²) in [7, 11) is 1.97. The maximum Gasteiger partial charge on any atom is 0.255 e. The molecule has 3 amide bonds. The third-order valence-electron chi connectivity index (χ3n) is 6.59. The second kappa shape index (κ2) is 8.01. The number of hydrogen-bond acceptors (Lipinski definition) is 6. The van der Waals surface area contributed by atoms with Gasteiger partial charge in [0.15, 0.2) is 0 Å². The van der Waals surface area contributed by atoms with E-state index in [0.717, 1.165) is 25.5 Å². The summed E-state index contributed by atoms with van der Waals surface area (Å²) in [6.45, 7) is 3.90. The van der Waals surface area contributed by atoms with E-state index >= 15 is 0 Å². The number of anilines is 1. The number of imide groups is 1. The first-order valence-electron chi connectivity index (χ1n) is 10.8. The van der Waals surface area contributed by atoms with E-state index in [9.17, 15) is 18.8 Å².